The van der Waals surface area contributed by atoms with Gasteiger partial charge in [0.25, 0.3) is 0 Å². The van der Waals surface area contributed by atoms with E-state index in [2.05, 4.69) is 0 Å². The van der Waals surface area contributed by atoms with Crippen molar-refractivity contribution in [2.45, 2.75) is 31.5 Å². The first-order chi connectivity index (χ1) is 10.5. The highest BCUT2D eigenvalue weighted by Gasteiger charge is 2.41. The fourth-order valence-corrected chi connectivity index (χ4v) is 2.16. The van der Waals surface area contributed by atoms with Gasteiger partial charge in [-0.15, -0.1) is 0 Å². The summed E-state index contributed by atoms with van der Waals surface area (Å²) in [7, 11) is 0. The van der Waals surface area contributed by atoms with Gasteiger partial charge >= 0.3 is 5.97 Å². The standard InChI is InChI=1S/C15H18O7/c1-9(17)21-13(11(18)7-16)14-12(19)8-20-15(22-14)10-5-3-2-4-6-10/h2-7,12-16,18-19H,8H2,1H3/b11-7-/t12-,13-,14-,15?/m1/s1. The predicted octanol–water partition coefficient (Wildman–Crippen LogP) is 1.35. The minimum atomic E-state index is -1.33. The molecule has 0 spiro atoms. The fraction of sp³-hybridized carbons (Fsp3) is 0.400. The van der Waals surface area contributed by atoms with Crippen molar-refractivity contribution in [1.82, 2.24) is 0 Å². The van der Waals surface area contributed by atoms with E-state index in [1.54, 1.807) is 24.3 Å². The van der Waals surface area contributed by atoms with Crippen molar-refractivity contribution in [3.05, 3.63) is 47.9 Å². The number of aliphatic hydroxyl groups is 3. The van der Waals surface area contributed by atoms with E-state index >= 15 is 0 Å². The third kappa shape index (κ3) is 3.76. The van der Waals surface area contributed by atoms with Crippen LogP contribution in [0.4, 0.5) is 0 Å². The summed E-state index contributed by atoms with van der Waals surface area (Å²) < 4.78 is 15.9. The average Bonchev–Trinajstić information content (AvgIpc) is 2.53. The van der Waals surface area contributed by atoms with E-state index in [1.165, 1.54) is 0 Å². The van der Waals surface area contributed by atoms with Gasteiger partial charge in [-0.3, -0.25) is 4.79 Å². The predicted molar refractivity (Wildman–Crippen MR) is 74.9 cm³/mol. The molecule has 4 atom stereocenters. The minimum Gasteiger partial charge on any atom is -0.512 e. The number of benzene rings is 1. The Labute approximate surface area is 127 Å². The van der Waals surface area contributed by atoms with Gasteiger partial charge in [0.2, 0.25) is 0 Å². The summed E-state index contributed by atoms with van der Waals surface area (Å²) in [5.41, 5.74) is 0.716. The molecule has 1 aromatic carbocycles. The summed E-state index contributed by atoms with van der Waals surface area (Å²) in [6.45, 7) is 1.08. The van der Waals surface area contributed by atoms with Gasteiger partial charge in [-0.25, -0.2) is 0 Å². The van der Waals surface area contributed by atoms with Gasteiger partial charge in [-0.2, -0.15) is 0 Å². The van der Waals surface area contributed by atoms with Gasteiger partial charge in [-0.05, 0) is 0 Å². The molecular formula is C15H18O7. The van der Waals surface area contributed by atoms with Gasteiger partial charge in [0.15, 0.2) is 18.2 Å². The second kappa shape index (κ2) is 7.26. The number of hydrogen-bond donors (Lipinski definition) is 3. The summed E-state index contributed by atoms with van der Waals surface area (Å²) in [6.07, 6.45) is -3.92. The summed E-state index contributed by atoms with van der Waals surface area (Å²) >= 11 is 0. The number of aliphatic hydroxyl groups excluding tert-OH is 3. The maximum Gasteiger partial charge on any atom is 0.303 e. The second-order valence-electron chi connectivity index (χ2n) is 4.83. The molecule has 22 heavy (non-hydrogen) atoms. The van der Waals surface area contributed by atoms with Crippen molar-refractivity contribution in [1.29, 1.82) is 0 Å². The number of esters is 1. The lowest BCUT2D eigenvalue weighted by atomic mass is 10.0. The Hall–Kier alpha value is -2.09. The van der Waals surface area contributed by atoms with E-state index < -0.39 is 36.3 Å². The van der Waals surface area contributed by atoms with Crippen LogP contribution in [0.3, 0.4) is 0 Å². The molecule has 0 saturated carbocycles. The maximum absolute atomic E-state index is 11.2. The number of rotatable bonds is 4. The molecule has 1 unspecified atom stereocenters. The Morgan fingerprint density at radius 1 is 1.41 bits per heavy atom. The van der Waals surface area contributed by atoms with Crippen LogP contribution >= 0.6 is 0 Å². The lowest BCUT2D eigenvalue weighted by Gasteiger charge is -2.37. The monoisotopic (exact) mass is 310 g/mol. The second-order valence-corrected chi connectivity index (χ2v) is 4.83. The normalized spacial score (nSPS) is 27.2. The molecule has 0 aromatic heterocycles. The van der Waals surface area contributed by atoms with Crippen LogP contribution in [-0.2, 0) is 19.0 Å². The molecule has 7 nitrogen and oxygen atoms in total. The molecule has 0 aliphatic carbocycles. The third-order valence-corrected chi connectivity index (χ3v) is 3.17. The number of carbonyl (C=O) groups is 1. The van der Waals surface area contributed by atoms with E-state index in [-0.39, 0.29) is 6.61 Å². The van der Waals surface area contributed by atoms with Gasteiger partial charge in [-0.1, -0.05) is 30.3 Å². The maximum atomic E-state index is 11.2. The topological polar surface area (TPSA) is 105 Å². The summed E-state index contributed by atoms with van der Waals surface area (Å²) in [6, 6.07) is 9.00. The van der Waals surface area contributed by atoms with Gasteiger partial charge in [0, 0.05) is 12.5 Å². The van der Waals surface area contributed by atoms with Crippen LogP contribution in [0.25, 0.3) is 0 Å². The number of carbonyl (C=O) groups excluding carboxylic acids is 1. The van der Waals surface area contributed by atoms with E-state index in [4.69, 9.17) is 19.3 Å². The zero-order valence-corrected chi connectivity index (χ0v) is 12.0. The minimum absolute atomic E-state index is 0.0687. The zero-order chi connectivity index (χ0) is 16.1. The molecule has 7 heteroatoms. The first-order valence-corrected chi connectivity index (χ1v) is 6.73. The van der Waals surface area contributed by atoms with Crippen LogP contribution in [0, 0.1) is 0 Å². The Morgan fingerprint density at radius 3 is 2.68 bits per heavy atom. The summed E-state index contributed by atoms with van der Waals surface area (Å²) in [4.78, 5) is 11.2. The van der Waals surface area contributed by atoms with Crippen molar-refractivity contribution in [3.63, 3.8) is 0 Å². The smallest absolute Gasteiger partial charge is 0.303 e. The molecule has 0 amide bonds. The number of hydrogen-bond acceptors (Lipinski definition) is 7. The van der Waals surface area contributed by atoms with Crippen LogP contribution in [0.2, 0.25) is 0 Å². The van der Waals surface area contributed by atoms with E-state index in [0.29, 0.717) is 11.8 Å². The van der Waals surface area contributed by atoms with Gasteiger partial charge < -0.3 is 29.5 Å². The average molecular weight is 310 g/mol. The van der Waals surface area contributed by atoms with Crippen molar-refractivity contribution in [2.24, 2.45) is 0 Å². The molecule has 1 fully saturated rings. The molecule has 1 aliphatic heterocycles. The molecular weight excluding hydrogens is 292 g/mol. The van der Waals surface area contributed by atoms with Crippen LogP contribution < -0.4 is 0 Å². The highest BCUT2D eigenvalue weighted by Crippen LogP contribution is 2.30. The lowest BCUT2D eigenvalue weighted by molar-refractivity contribution is -0.276. The fourth-order valence-electron chi connectivity index (χ4n) is 2.16. The molecule has 1 saturated heterocycles. The quantitative estimate of drug-likeness (QED) is 0.569. The van der Waals surface area contributed by atoms with Gasteiger partial charge in [0.05, 0.1) is 6.61 Å². The van der Waals surface area contributed by atoms with E-state index in [9.17, 15) is 15.0 Å². The Morgan fingerprint density at radius 2 is 2.09 bits per heavy atom. The van der Waals surface area contributed by atoms with Crippen LogP contribution in [0.15, 0.2) is 42.4 Å². The first kappa shape index (κ1) is 16.3. The molecule has 1 aromatic rings. The third-order valence-electron chi connectivity index (χ3n) is 3.17. The molecule has 0 bridgehead atoms. The van der Waals surface area contributed by atoms with Crippen LogP contribution in [0.5, 0.6) is 0 Å². The van der Waals surface area contributed by atoms with Crippen molar-refractivity contribution in [2.75, 3.05) is 6.61 Å². The molecule has 1 aliphatic rings. The Bertz CT molecular complexity index is 528. The Kier molecular flexibility index (Phi) is 5.37. The van der Waals surface area contributed by atoms with Crippen LogP contribution in [-0.4, -0.2) is 46.2 Å². The van der Waals surface area contributed by atoms with Crippen LogP contribution in [0.1, 0.15) is 18.8 Å². The van der Waals surface area contributed by atoms with Crippen molar-refractivity contribution >= 4 is 5.97 Å². The van der Waals surface area contributed by atoms with Crippen molar-refractivity contribution in [3.8, 4) is 0 Å². The molecule has 0 radical (unpaired) electrons. The summed E-state index contributed by atoms with van der Waals surface area (Å²) in [5.74, 6) is -1.30. The highest BCUT2D eigenvalue weighted by molar-refractivity contribution is 5.66. The van der Waals surface area contributed by atoms with Gasteiger partial charge in [0.1, 0.15) is 18.5 Å². The van der Waals surface area contributed by atoms with Crippen molar-refractivity contribution < 1.29 is 34.3 Å². The first-order valence-electron chi connectivity index (χ1n) is 6.73. The molecule has 1 heterocycles. The SMILES string of the molecule is CC(=O)O[C@H](/C(O)=C/O)[C@@H]1OC(c2ccccc2)OC[C@H]1O. The Balaban J connectivity index is 2.20. The highest BCUT2D eigenvalue weighted by atomic mass is 16.7. The molecule has 3 N–H and O–H groups in total. The number of ether oxygens (including phenoxy) is 3. The van der Waals surface area contributed by atoms with E-state index in [1.807, 2.05) is 6.07 Å². The van der Waals surface area contributed by atoms with E-state index in [0.717, 1.165) is 6.92 Å². The zero-order valence-electron chi connectivity index (χ0n) is 12.0. The molecule has 120 valence electrons. The largest absolute Gasteiger partial charge is 0.512 e. The summed E-state index contributed by atoms with van der Waals surface area (Å²) in [5, 5.41) is 28.6. The molecule has 2 rings (SSSR count). The lowest BCUT2D eigenvalue weighted by Crippen LogP contribution is -2.49.